The number of likely N-dealkylation sites (N-methyl/N-ethyl adjacent to an activating group) is 1. The lowest BCUT2D eigenvalue weighted by Gasteiger charge is -2.31. The summed E-state index contributed by atoms with van der Waals surface area (Å²) >= 11 is 0. The van der Waals surface area contributed by atoms with Crippen molar-refractivity contribution in [2.45, 2.75) is 0 Å². The Morgan fingerprint density at radius 1 is 1.17 bits per heavy atom. The smallest absolute Gasteiger partial charge is 0.308 e. The molecule has 0 aromatic heterocycles. The second kappa shape index (κ2) is 5.72. The van der Waals surface area contributed by atoms with Gasteiger partial charge in [-0.2, -0.15) is 0 Å². The minimum Gasteiger partial charge on any atom is -0.308 e. The lowest BCUT2D eigenvalue weighted by Crippen LogP contribution is -2.57. The molecule has 0 saturated carbocycles. The van der Waals surface area contributed by atoms with Gasteiger partial charge < -0.3 is 4.90 Å². The van der Waals surface area contributed by atoms with Crippen molar-refractivity contribution in [3.05, 3.63) is 0 Å². The standard InChI is InChI=1S/C11H18N4O3/c1-13(2)6-5-12-7-8-9(16)14(3)11(18)15(4)10(8)17/h7-8H,5-6H2,1-4H3. The van der Waals surface area contributed by atoms with Crippen LogP contribution < -0.4 is 0 Å². The fourth-order valence-electron chi connectivity index (χ4n) is 1.50. The van der Waals surface area contributed by atoms with Crippen LogP contribution in [0.2, 0.25) is 0 Å². The molecule has 18 heavy (non-hydrogen) atoms. The summed E-state index contributed by atoms with van der Waals surface area (Å²) in [7, 11) is 6.53. The maximum Gasteiger partial charge on any atom is 0.332 e. The predicted molar refractivity (Wildman–Crippen MR) is 66.3 cm³/mol. The van der Waals surface area contributed by atoms with Gasteiger partial charge in [0.15, 0.2) is 5.92 Å². The predicted octanol–water partition coefficient (Wildman–Crippen LogP) is -0.715. The summed E-state index contributed by atoms with van der Waals surface area (Å²) in [6.07, 6.45) is 1.33. The van der Waals surface area contributed by atoms with Crippen molar-refractivity contribution >= 4 is 24.1 Å². The van der Waals surface area contributed by atoms with Crippen molar-refractivity contribution in [1.29, 1.82) is 0 Å². The second-order valence-electron chi connectivity index (χ2n) is 4.41. The van der Waals surface area contributed by atoms with Crippen LogP contribution in [0.5, 0.6) is 0 Å². The number of carbonyl (C=O) groups excluding carboxylic acids is 3. The highest BCUT2D eigenvalue weighted by Gasteiger charge is 2.41. The topological polar surface area (TPSA) is 73.3 Å². The number of urea groups is 1. The Morgan fingerprint density at radius 3 is 2.11 bits per heavy atom. The molecule has 0 spiro atoms. The first kappa shape index (κ1) is 14.3. The molecule has 1 heterocycles. The van der Waals surface area contributed by atoms with E-state index in [1.54, 1.807) is 0 Å². The largest absolute Gasteiger partial charge is 0.332 e. The number of carbonyl (C=O) groups is 3. The van der Waals surface area contributed by atoms with Crippen LogP contribution >= 0.6 is 0 Å². The van der Waals surface area contributed by atoms with Crippen molar-refractivity contribution in [3.63, 3.8) is 0 Å². The minimum atomic E-state index is -0.986. The van der Waals surface area contributed by atoms with E-state index in [1.165, 1.54) is 20.3 Å². The van der Waals surface area contributed by atoms with Gasteiger partial charge in [0.25, 0.3) is 0 Å². The number of amides is 4. The molecule has 0 bridgehead atoms. The molecule has 0 aromatic carbocycles. The van der Waals surface area contributed by atoms with E-state index < -0.39 is 23.8 Å². The first-order valence-electron chi connectivity index (χ1n) is 5.60. The van der Waals surface area contributed by atoms with E-state index in [-0.39, 0.29) is 0 Å². The van der Waals surface area contributed by atoms with Gasteiger partial charge in [0.05, 0.1) is 6.54 Å². The molecule has 0 radical (unpaired) electrons. The molecule has 7 nitrogen and oxygen atoms in total. The SMILES string of the molecule is CN(C)CCN=CC1C(=O)N(C)C(=O)N(C)C1=O. The highest BCUT2D eigenvalue weighted by atomic mass is 16.2. The van der Waals surface area contributed by atoms with Crippen LogP contribution in [0.15, 0.2) is 4.99 Å². The number of barbiturate groups is 1. The molecule has 1 fully saturated rings. The van der Waals surface area contributed by atoms with E-state index >= 15 is 0 Å². The van der Waals surface area contributed by atoms with Gasteiger partial charge in [-0.25, -0.2) is 4.79 Å². The molecule has 1 rings (SSSR count). The lowest BCUT2D eigenvalue weighted by molar-refractivity contribution is -0.144. The van der Waals surface area contributed by atoms with Gasteiger partial charge in [-0.15, -0.1) is 0 Å². The Labute approximate surface area is 106 Å². The van der Waals surface area contributed by atoms with Crippen molar-refractivity contribution in [1.82, 2.24) is 14.7 Å². The molecule has 1 aliphatic heterocycles. The quantitative estimate of drug-likeness (QED) is 0.490. The zero-order valence-corrected chi connectivity index (χ0v) is 11.1. The van der Waals surface area contributed by atoms with Gasteiger partial charge >= 0.3 is 6.03 Å². The Morgan fingerprint density at radius 2 is 1.67 bits per heavy atom. The van der Waals surface area contributed by atoms with Gasteiger partial charge in [-0.1, -0.05) is 0 Å². The highest BCUT2D eigenvalue weighted by Crippen LogP contribution is 2.13. The van der Waals surface area contributed by atoms with Crippen LogP contribution in [0.4, 0.5) is 4.79 Å². The van der Waals surface area contributed by atoms with Gasteiger partial charge in [0, 0.05) is 26.9 Å². The number of rotatable bonds is 4. The molecule has 0 aromatic rings. The maximum atomic E-state index is 11.8. The summed E-state index contributed by atoms with van der Waals surface area (Å²) in [5.74, 6) is -2.05. The van der Waals surface area contributed by atoms with Crippen LogP contribution in [0.3, 0.4) is 0 Å². The van der Waals surface area contributed by atoms with Gasteiger partial charge in [0.2, 0.25) is 11.8 Å². The molecule has 7 heteroatoms. The third-order valence-electron chi connectivity index (χ3n) is 2.70. The number of aliphatic imine (C=N–C) groups is 1. The number of hydrogen-bond donors (Lipinski definition) is 0. The van der Waals surface area contributed by atoms with Crippen LogP contribution in [-0.2, 0) is 9.59 Å². The molecular weight excluding hydrogens is 236 g/mol. The van der Waals surface area contributed by atoms with Crippen LogP contribution in [0.1, 0.15) is 0 Å². The monoisotopic (exact) mass is 254 g/mol. The lowest BCUT2D eigenvalue weighted by atomic mass is 10.1. The zero-order valence-electron chi connectivity index (χ0n) is 11.1. The summed E-state index contributed by atoms with van der Waals surface area (Å²) in [5.41, 5.74) is 0. The summed E-state index contributed by atoms with van der Waals surface area (Å²) in [4.78, 5) is 42.9. The number of imide groups is 2. The Bertz CT molecular complexity index is 368. The molecular formula is C11H18N4O3. The molecule has 0 atom stereocenters. The zero-order chi connectivity index (χ0) is 13.9. The average molecular weight is 254 g/mol. The number of hydrogen-bond acceptors (Lipinski definition) is 5. The Balaban J connectivity index is 2.72. The Kier molecular flexibility index (Phi) is 4.55. The first-order valence-corrected chi connectivity index (χ1v) is 5.60. The summed E-state index contributed by atoms with van der Waals surface area (Å²) in [6.45, 7) is 1.24. The molecule has 100 valence electrons. The van der Waals surface area contributed by atoms with E-state index in [0.717, 1.165) is 16.3 Å². The van der Waals surface area contributed by atoms with Crippen molar-refractivity contribution in [2.75, 3.05) is 41.3 Å². The summed E-state index contributed by atoms with van der Waals surface area (Å²) < 4.78 is 0. The average Bonchev–Trinajstić information content (AvgIpc) is 2.32. The van der Waals surface area contributed by atoms with Crippen LogP contribution in [0, 0.1) is 5.92 Å². The maximum absolute atomic E-state index is 11.8. The summed E-state index contributed by atoms with van der Waals surface area (Å²) in [5, 5.41) is 0. The van der Waals surface area contributed by atoms with Gasteiger partial charge in [-0.3, -0.25) is 24.4 Å². The minimum absolute atomic E-state index is 0.505. The molecule has 1 saturated heterocycles. The highest BCUT2D eigenvalue weighted by molar-refractivity contribution is 6.23. The fourth-order valence-corrected chi connectivity index (χ4v) is 1.50. The van der Waals surface area contributed by atoms with Crippen molar-refractivity contribution in [3.8, 4) is 0 Å². The third-order valence-corrected chi connectivity index (χ3v) is 2.70. The Hall–Kier alpha value is -1.76. The van der Waals surface area contributed by atoms with Gasteiger partial charge in [0.1, 0.15) is 0 Å². The second-order valence-corrected chi connectivity index (χ2v) is 4.41. The normalized spacial score (nSPS) is 18.6. The summed E-state index contributed by atoms with van der Waals surface area (Å²) in [6, 6.07) is -0.608. The van der Waals surface area contributed by atoms with E-state index in [2.05, 4.69) is 4.99 Å². The molecule has 0 aliphatic carbocycles. The van der Waals surface area contributed by atoms with E-state index in [4.69, 9.17) is 0 Å². The van der Waals surface area contributed by atoms with Crippen LogP contribution in [0.25, 0.3) is 0 Å². The third kappa shape index (κ3) is 2.92. The fraction of sp³-hybridized carbons (Fsp3) is 0.636. The molecule has 0 unspecified atom stereocenters. The molecule has 1 aliphatic rings. The van der Waals surface area contributed by atoms with E-state index in [0.29, 0.717) is 6.54 Å². The molecule has 0 N–H and O–H groups in total. The molecule has 4 amide bonds. The first-order chi connectivity index (χ1) is 8.36. The van der Waals surface area contributed by atoms with E-state index in [1.807, 2.05) is 19.0 Å². The van der Waals surface area contributed by atoms with Gasteiger partial charge in [-0.05, 0) is 14.1 Å². The van der Waals surface area contributed by atoms with Crippen molar-refractivity contribution < 1.29 is 14.4 Å². The van der Waals surface area contributed by atoms with Crippen molar-refractivity contribution in [2.24, 2.45) is 10.9 Å². The van der Waals surface area contributed by atoms with E-state index in [9.17, 15) is 14.4 Å². The van der Waals surface area contributed by atoms with Crippen LogP contribution in [-0.4, -0.2) is 80.0 Å². The number of nitrogens with zero attached hydrogens (tertiary/aromatic N) is 4.